The molecule has 0 saturated carbocycles. The summed E-state index contributed by atoms with van der Waals surface area (Å²) in [5, 5.41) is 10.8. The van der Waals surface area contributed by atoms with Gasteiger partial charge in [-0.15, -0.1) is 0 Å². The summed E-state index contributed by atoms with van der Waals surface area (Å²) in [7, 11) is -1.05. The van der Waals surface area contributed by atoms with Crippen LogP contribution >= 0.6 is 23.1 Å². The predicted octanol–water partition coefficient (Wildman–Crippen LogP) is 7.26. The largest absolute Gasteiger partial charge is 0.494 e. The van der Waals surface area contributed by atoms with Gasteiger partial charge in [-0.05, 0) is 103 Å². The van der Waals surface area contributed by atoms with Crippen molar-refractivity contribution in [2.75, 3.05) is 99.8 Å². The summed E-state index contributed by atoms with van der Waals surface area (Å²) in [5.41, 5.74) is 7.66. The molecule has 19 heteroatoms. The van der Waals surface area contributed by atoms with Crippen LogP contribution in [0.1, 0.15) is 56.8 Å². The summed E-state index contributed by atoms with van der Waals surface area (Å²) >= 11 is 3.64. The number of aromatic nitrogens is 4. The Labute approximate surface area is 415 Å². The highest BCUT2D eigenvalue weighted by Crippen LogP contribution is 2.43. The molecule has 1 unspecified atom stereocenters. The fourth-order valence-corrected chi connectivity index (χ4v) is 12.6. The van der Waals surface area contributed by atoms with Crippen LogP contribution in [0.2, 0.25) is 0 Å². The molecule has 4 fully saturated rings. The maximum Gasteiger partial charge on any atom is 0.420 e. The molecule has 6 aromatic rings. The number of hydrogen-bond acceptors (Lipinski definition) is 15. The molecule has 0 aliphatic carbocycles. The molecular formula is C51H61BrN11O6P. The number of halogens is 1. The van der Waals surface area contributed by atoms with E-state index in [2.05, 4.69) is 82.4 Å². The molecule has 10 rings (SSSR count). The third kappa shape index (κ3) is 9.54. The van der Waals surface area contributed by atoms with Crippen molar-refractivity contribution in [2.24, 2.45) is 5.92 Å². The number of hydrogen-bond donors (Lipinski definition) is 3. The summed E-state index contributed by atoms with van der Waals surface area (Å²) < 4.78 is 27.6. The zero-order valence-corrected chi connectivity index (χ0v) is 42.9. The van der Waals surface area contributed by atoms with Crippen LogP contribution in [-0.4, -0.2) is 127 Å². The SMILES string of the molecule is CCc1ccc2c(P(C)(C)=O)c(Nc3nc(Nc4cc(CC)c(N5CCC(N6CCN(CC7CN(c8cccc9c8oc(=O)n9C8CCC(=O)NC8=O)C7)CC6)CC5)cc4OC)ncc3Br)ccc2n1. The van der Waals surface area contributed by atoms with Crippen molar-refractivity contribution >= 4 is 96.7 Å². The van der Waals surface area contributed by atoms with Crippen LogP contribution in [0.25, 0.3) is 22.0 Å². The van der Waals surface area contributed by atoms with E-state index in [1.165, 1.54) is 15.8 Å². The van der Waals surface area contributed by atoms with Gasteiger partial charge in [0.1, 0.15) is 24.8 Å². The molecule has 4 aliphatic rings. The molecule has 0 bridgehead atoms. The number of oxazole rings is 1. The van der Waals surface area contributed by atoms with E-state index in [-0.39, 0.29) is 18.7 Å². The summed E-state index contributed by atoms with van der Waals surface area (Å²) in [6.45, 7) is 16.7. The molecule has 17 nitrogen and oxygen atoms in total. The van der Waals surface area contributed by atoms with Gasteiger partial charge < -0.3 is 39.1 Å². The van der Waals surface area contributed by atoms with E-state index in [4.69, 9.17) is 19.1 Å². The highest BCUT2D eigenvalue weighted by atomic mass is 79.9. The number of carbonyl (C=O) groups is 2. The second-order valence-electron chi connectivity index (χ2n) is 19.4. The van der Waals surface area contributed by atoms with Crippen molar-refractivity contribution in [3.63, 3.8) is 0 Å². The summed E-state index contributed by atoms with van der Waals surface area (Å²) in [5.74, 6) is 0.798. The third-order valence-electron chi connectivity index (χ3n) is 14.5. The lowest BCUT2D eigenvalue weighted by Gasteiger charge is -2.46. The van der Waals surface area contributed by atoms with Gasteiger partial charge in [0.05, 0.1) is 39.7 Å². The number of imide groups is 1. The maximum absolute atomic E-state index is 13.7. The van der Waals surface area contributed by atoms with Crippen molar-refractivity contribution in [3.8, 4) is 5.75 Å². The number of fused-ring (bicyclic) bond motifs is 2. The highest BCUT2D eigenvalue weighted by molar-refractivity contribution is 9.10. The number of methoxy groups -OCH3 is 1. The zero-order valence-electron chi connectivity index (χ0n) is 40.5. The summed E-state index contributed by atoms with van der Waals surface area (Å²) in [4.78, 5) is 61.7. The minimum atomic E-state index is -2.74. The average Bonchev–Trinajstić information content (AvgIpc) is 3.68. The van der Waals surface area contributed by atoms with Gasteiger partial charge >= 0.3 is 5.76 Å². The number of amides is 2. The Hall–Kier alpha value is -5.81. The van der Waals surface area contributed by atoms with Crippen molar-refractivity contribution in [2.45, 2.75) is 64.5 Å². The van der Waals surface area contributed by atoms with Crippen molar-refractivity contribution in [1.82, 2.24) is 34.6 Å². The normalized spacial score (nSPS) is 18.9. The van der Waals surface area contributed by atoms with Crippen molar-refractivity contribution in [3.05, 3.63) is 87.1 Å². The lowest BCUT2D eigenvalue weighted by Crippen LogP contribution is -2.57. The second-order valence-corrected chi connectivity index (χ2v) is 23.4. The minimum absolute atomic E-state index is 0.189. The Kier molecular flexibility index (Phi) is 13.5. The smallest absolute Gasteiger partial charge is 0.420 e. The molecule has 2 amide bonds. The number of nitrogens with zero attached hydrogens (tertiary/aromatic N) is 8. The van der Waals surface area contributed by atoms with Crippen LogP contribution in [0, 0.1) is 5.92 Å². The molecule has 1 atom stereocenters. The van der Waals surface area contributed by atoms with Crippen LogP contribution in [0.3, 0.4) is 0 Å². The second kappa shape index (κ2) is 19.8. The van der Waals surface area contributed by atoms with Crippen LogP contribution in [0.5, 0.6) is 5.75 Å². The van der Waals surface area contributed by atoms with Gasteiger partial charge in [0.2, 0.25) is 17.8 Å². The number of piperazine rings is 1. The molecule has 0 spiro atoms. The zero-order chi connectivity index (χ0) is 48.8. The van der Waals surface area contributed by atoms with E-state index in [0.29, 0.717) is 50.7 Å². The number of carbonyl (C=O) groups excluding carboxylic acids is 2. The number of rotatable bonds is 14. The Bertz CT molecular complexity index is 3080. The van der Waals surface area contributed by atoms with E-state index >= 15 is 0 Å². The molecule has 3 aromatic heterocycles. The first kappa shape index (κ1) is 47.8. The lowest BCUT2D eigenvalue weighted by molar-refractivity contribution is -0.135. The van der Waals surface area contributed by atoms with Gasteiger partial charge in [-0.25, -0.2) is 9.78 Å². The molecule has 70 heavy (non-hydrogen) atoms. The van der Waals surface area contributed by atoms with Crippen molar-refractivity contribution < 1.29 is 23.3 Å². The average molecular weight is 1030 g/mol. The van der Waals surface area contributed by atoms with Gasteiger partial charge in [-0.1, -0.05) is 26.0 Å². The number of para-hydroxylation sites is 1. The number of benzene rings is 3. The Balaban J connectivity index is 0.734. The predicted molar refractivity (Wildman–Crippen MR) is 280 cm³/mol. The Morgan fingerprint density at radius 2 is 1.66 bits per heavy atom. The molecule has 3 N–H and O–H groups in total. The topological polar surface area (TPSA) is 183 Å². The van der Waals surface area contributed by atoms with Crippen LogP contribution in [0.15, 0.2) is 74.5 Å². The lowest BCUT2D eigenvalue weighted by atomic mass is 9.97. The van der Waals surface area contributed by atoms with Gasteiger partial charge in [0, 0.05) is 112 Å². The van der Waals surface area contributed by atoms with Gasteiger partial charge in [-0.3, -0.25) is 29.4 Å². The molecule has 7 heterocycles. The van der Waals surface area contributed by atoms with Gasteiger partial charge in [0.15, 0.2) is 5.58 Å². The Morgan fingerprint density at radius 3 is 2.37 bits per heavy atom. The number of piperidine rings is 2. The monoisotopic (exact) mass is 1030 g/mol. The van der Waals surface area contributed by atoms with Crippen molar-refractivity contribution in [1.29, 1.82) is 0 Å². The number of nitrogens with one attached hydrogen (secondary N) is 3. The molecular weight excluding hydrogens is 974 g/mol. The fraction of sp³-hybridized carbons (Fsp3) is 0.451. The fourth-order valence-electron chi connectivity index (χ4n) is 10.9. The minimum Gasteiger partial charge on any atom is -0.494 e. The number of pyridine rings is 1. The van der Waals surface area contributed by atoms with Gasteiger partial charge in [-0.2, -0.15) is 4.98 Å². The van der Waals surface area contributed by atoms with E-state index < -0.39 is 24.8 Å². The Morgan fingerprint density at radius 1 is 0.871 bits per heavy atom. The first-order chi connectivity index (χ1) is 33.8. The van der Waals surface area contributed by atoms with Crippen LogP contribution in [0.4, 0.5) is 34.5 Å². The van der Waals surface area contributed by atoms with Gasteiger partial charge in [0.25, 0.3) is 0 Å². The molecule has 4 saturated heterocycles. The quantitative estimate of drug-likeness (QED) is 0.0732. The standard InChI is InChI=1S/C51H61BrN11O6P/c1-6-32-25-39(56-50-53-27-36(52)48(58-50)55-38-14-13-37-35(47(38)70(4,5)67)12-11-33(7-2)54-37)44(68-3)26-43(32)61-19-17-34(18-20-61)60-23-21-59(22-24-60)28-31-29-62(30-31)40-9-8-10-41-46(40)69-51(66)63(41)42-15-16-45(64)57-49(42)65/h8-14,25-27,31,34,42H,6-7,15-24,28-30H2,1-5H3,(H,57,64,65)(H2,53,55,56,58). The molecule has 4 aliphatic heterocycles. The third-order valence-corrected chi connectivity index (χ3v) is 16.6. The molecule has 3 aromatic carbocycles. The maximum atomic E-state index is 13.7. The first-order valence-electron chi connectivity index (χ1n) is 24.5. The van der Waals surface area contributed by atoms with Crippen LogP contribution in [-0.2, 0) is 27.0 Å². The number of aryl methyl sites for hydroxylation is 2. The van der Waals surface area contributed by atoms with E-state index in [1.54, 1.807) is 26.6 Å². The molecule has 368 valence electrons. The highest BCUT2D eigenvalue weighted by Gasteiger charge is 2.36. The van der Waals surface area contributed by atoms with E-state index in [0.717, 1.165) is 118 Å². The molecule has 0 radical (unpaired) electrons. The van der Waals surface area contributed by atoms with E-state index in [1.807, 2.05) is 42.5 Å². The number of ether oxygens (including phenoxy) is 1. The summed E-state index contributed by atoms with van der Waals surface area (Å²) in [6, 6.07) is 17.7. The first-order valence-corrected chi connectivity index (χ1v) is 27.9. The number of anilines is 6. The van der Waals surface area contributed by atoms with Crippen LogP contribution < -0.4 is 41.5 Å². The summed E-state index contributed by atoms with van der Waals surface area (Å²) in [6.07, 6.45) is 6.03. The van der Waals surface area contributed by atoms with E-state index in [9.17, 15) is 18.9 Å².